The van der Waals surface area contributed by atoms with Crippen molar-refractivity contribution in [2.75, 3.05) is 18.8 Å². The van der Waals surface area contributed by atoms with Crippen molar-refractivity contribution in [2.45, 2.75) is 50.9 Å². The van der Waals surface area contributed by atoms with E-state index in [-0.39, 0.29) is 12.5 Å². The van der Waals surface area contributed by atoms with E-state index in [1.165, 1.54) is 30.2 Å². The summed E-state index contributed by atoms with van der Waals surface area (Å²) >= 11 is 1.42. The first-order valence-electron chi connectivity index (χ1n) is 10.7. The van der Waals surface area contributed by atoms with Crippen molar-refractivity contribution in [3.05, 3.63) is 59.8 Å². The van der Waals surface area contributed by atoms with Crippen LogP contribution in [0.5, 0.6) is 5.75 Å². The highest BCUT2D eigenvalue weighted by Gasteiger charge is 2.19. The summed E-state index contributed by atoms with van der Waals surface area (Å²) in [5.74, 6) is 2.80. The number of nitrogens with zero attached hydrogens (tertiary/aromatic N) is 4. The quantitative estimate of drug-likeness (QED) is 0.486. The van der Waals surface area contributed by atoms with Crippen LogP contribution in [0.3, 0.4) is 0 Å². The van der Waals surface area contributed by atoms with Crippen molar-refractivity contribution in [2.24, 2.45) is 0 Å². The van der Waals surface area contributed by atoms with Gasteiger partial charge in [0.1, 0.15) is 18.1 Å². The molecule has 3 aromatic rings. The molecule has 1 saturated heterocycles. The van der Waals surface area contributed by atoms with Crippen LogP contribution >= 0.6 is 11.8 Å². The molecule has 0 aliphatic carbocycles. The minimum absolute atomic E-state index is 0.164. The van der Waals surface area contributed by atoms with Gasteiger partial charge in [-0.05, 0) is 44.0 Å². The molecule has 0 unspecified atom stereocenters. The van der Waals surface area contributed by atoms with Crippen LogP contribution < -0.4 is 4.74 Å². The van der Waals surface area contributed by atoms with E-state index < -0.39 is 0 Å². The molecule has 1 aliphatic heterocycles. The number of hydrogen-bond acceptors (Lipinski definition) is 6. The van der Waals surface area contributed by atoms with E-state index in [2.05, 4.69) is 10.2 Å². The second-order valence-corrected chi connectivity index (χ2v) is 8.69. The van der Waals surface area contributed by atoms with Gasteiger partial charge >= 0.3 is 0 Å². The maximum Gasteiger partial charge on any atom is 0.233 e. The molecule has 0 radical (unpaired) electrons. The Labute approximate surface area is 186 Å². The summed E-state index contributed by atoms with van der Waals surface area (Å²) in [6.07, 6.45) is 6.24. The first-order valence-corrected chi connectivity index (χ1v) is 11.7. The van der Waals surface area contributed by atoms with E-state index in [9.17, 15) is 4.79 Å². The van der Waals surface area contributed by atoms with Gasteiger partial charge in [-0.25, -0.2) is 0 Å². The van der Waals surface area contributed by atoms with Crippen molar-refractivity contribution in [3.8, 4) is 5.75 Å². The average molecular weight is 441 g/mol. The van der Waals surface area contributed by atoms with Gasteiger partial charge in [0.05, 0.1) is 18.6 Å². The molecule has 1 fully saturated rings. The van der Waals surface area contributed by atoms with Crippen molar-refractivity contribution >= 4 is 17.7 Å². The van der Waals surface area contributed by atoms with E-state index in [4.69, 9.17) is 9.15 Å². The van der Waals surface area contributed by atoms with E-state index in [0.717, 1.165) is 37.4 Å². The van der Waals surface area contributed by atoms with Gasteiger partial charge in [-0.3, -0.25) is 9.36 Å². The Hall–Kier alpha value is -2.74. The van der Waals surface area contributed by atoms with Crippen LogP contribution in [0.4, 0.5) is 0 Å². The number of amides is 1. The predicted octanol–water partition coefficient (Wildman–Crippen LogP) is 4.30. The molecule has 0 bridgehead atoms. The van der Waals surface area contributed by atoms with Crippen LogP contribution in [0.15, 0.2) is 52.2 Å². The molecule has 0 spiro atoms. The molecule has 3 heterocycles. The van der Waals surface area contributed by atoms with Crippen molar-refractivity contribution < 1.29 is 13.9 Å². The fourth-order valence-corrected chi connectivity index (χ4v) is 4.43. The zero-order valence-electron chi connectivity index (χ0n) is 17.8. The molecule has 4 rings (SSSR count). The van der Waals surface area contributed by atoms with E-state index in [0.29, 0.717) is 23.3 Å². The van der Waals surface area contributed by atoms with Crippen LogP contribution in [0.25, 0.3) is 0 Å². The predicted molar refractivity (Wildman–Crippen MR) is 119 cm³/mol. The number of hydrogen-bond donors (Lipinski definition) is 0. The molecular weight excluding hydrogens is 412 g/mol. The number of benzene rings is 1. The van der Waals surface area contributed by atoms with Crippen molar-refractivity contribution in [1.29, 1.82) is 0 Å². The average Bonchev–Trinajstić information content (AvgIpc) is 3.34. The number of ether oxygens (including phenoxy) is 1. The highest BCUT2D eigenvalue weighted by molar-refractivity contribution is 7.99. The third kappa shape index (κ3) is 5.91. The Morgan fingerprint density at radius 1 is 1.10 bits per heavy atom. The van der Waals surface area contributed by atoms with Gasteiger partial charge in [-0.15, -0.1) is 10.2 Å². The summed E-state index contributed by atoms with van der Waals surface area (Å²) in [4.78, 5) is 14.7. The second kappa shape index (κ2) is 10.5. The minimum Gasteiger partial charge on any atom is -0.486 e. The van der Waals surface area contributed by atoms with Gasteiger partial charge < -0.3 is 14.1 Å². The number of carbonyl (C=O) groups excluding carboxylic acids is 1. The normalized spacial score (nSPS) is 14.4. The maximum atomic E-state index is 12.7. The molecule has 2 aromatic heterocycles. The summed E-state index contributed by atoms with van der Waals surface area (Å²) in [6, 6.07) is 11.7. The zero-order chi connectivity index (χ0) is 21.5. The number of likely N-dealkylation sites (tertiary alicyclic amines) is 1. The zero-order valence-corrected chi connectivity index (χ0v) is 18.6. The fraction of sp³-hybridized carbons (Fsp3) is 0.435. The van der Waals surface area contributed by atoms with Crippen LogP contribution in [0.2, 0.25) is 0 Å². The van der Waals surface area contributed by atoms with Gasteiger partial charge in [0.25, 0.3) is 0 Å². The number of aryl methyl sites for hydroxylation is 1. The summed E-state index contributed by atoms with van der Waals surface area (Å²) in [7, 11) is 0. The summed E-state index contributed by atoms with van der Waals surface area (Å²) in [5, 5.41) is 9.37. The number of thioether (sulfide) groups is 1. The lowest BCUT2D eigenvalue weighted by molar-refractivity contribution is -0.128. The Kier molecular flexibility index (Phi) is 7.30. The summed E-state index contributed by atoms with van der Waals surface area (Å²) in [6.45, 7) is 4.53. The number of aromatic nitrogens is 3. The maximum absolute atomic E-state index is 12.7. The molecule has 1 aromatic carbocycles. The number of furan rings is 1. The molecule has 31 heavy (non-hydrogen) atoms. The third-order valence-electron chi connectivity index (χ3n) is 5.36. The summed E-state index contributed by atoms with van der Waals surface area (Å²) < 4.78 is 13.4. The monoisotopic (exact) mass is 440 g/mol. The Morgan fingerprint density at radius 2 is 1.87 bits per heavy atom. The molecule has 0 atom stereocenters. The van der Waals surface area contributed by atoms with Crippen molar-refractivity contribution in [3.63, 3.8) is 0 Å². The Balaban J connectivity index is 1.44. The number of rotatable bonds is 8. The molecule has 0 saturated carbocycles. The minimum atomic E-state index is 0.164. The van der Waals surface area contributed by atoms with Crippen LogP contribution in [-0.2, 0) is 17.9 Å². The molecule has 8 heteroatoms. The van der Waals surface area contributed by atoms with Crippen LogP contribution in [0, 0.1) is 6.92 Å². The fourth-order valence-electron chi connectivity index (χ4n) is 3.57. The molecular formula is C23H28N4O3S. The third-order valence-corrected chi connectivity index (χ3v) is 6.31. The van der Waals surface area contributed by atoms with Crippen LogP contribution in [0.1, 0.15) is 42.8 Å². The molecule has 1 amide bonds. The summed E-state index contributed by atoms with van der Waals surface area (Å²) in [5.41, 5.74) is 1.18. The molecule has 164 valence electrons. The smallest absolute Gasteiger partial charge is 0.233 e. The standard InChI is InChI=1S/C23H28N4O3S/c1-18-8-10-19(11-9-18)30-16-21-24-25-23(27(21)15-20-7-6-14-29-20)31-17-22(28)26-12-4-2-3-5-13-26/h6-11,14H,2-5,12-13,15-17H2,1H3. The highest BCUT2D eigenvalue weighted by Crippen LogP contribution is 2.22. The first-order chi connectivity index (χ1) is 15.2. The molecule has 0 N–H and O–H groups in total. The highest BCUT2D eigenvalue weighted by atomic mass is 32.2. The van der Waals surface area contributed by atoms with Gasteiger partial charge in [-0.2, -0.15) is 0 Å². The second-order valence-electron chi connectivity index (χ2n) is 7.75. The van der Waals surface area contributed by atoms with E-state index in [1.807, 2.05) is 52.8 Å². The lowest BCUT2D eigenvalue weighted by atomic mass is 10.2. The van der Waals surface area contributed by atoms with Gasteiger partial charge in [0, 0.05) is 13.1 Å². The van der Waals surface area contributed by atoms with Gasteiger partial charge in [0.2, 0.25) is 5.91 Å². The largest absolute Gasteiger partial charge is 0.486 e. The first kappa shape index (κ1) is 21.5. The Morgan fingerprint density at radius 3 is 2.58 bits per heavy atom. The van der Waals surface area contributed by atoms with E-state index in [1.54, 1.807) is 6.26 Å². The number of carbonyl (C=O) groups is 1. The topological polar surface area (TPSA) is 73.4 Å². The van der Waals surface area contributed by atoms with E-state index >= 15 is 0 Å². The van der Waals surface area contributed by atoms with Gasteiger partial charge in [0.15, 0.2) is 11.0 Å². The van der Waals surface area contributed by atoms with Crippen molar-refractivity contribution in [1.82, 2.24) is 19.7 Å². The lowest BCUT2D eigenvalue weighted by Gasteiger charge is -2.19. The van der Waals surface area contributed by atoms with Crippen LogP contribution in [-0.4, -0.2) is 44.4 Å². The SMILES string of the molecule is Cc1ccc(OCc2nnc(SCC(=O)N3CCCCCC3)n2Cc2ccco2)cc1. The van der Waals surface area contributed by atoms with Gasteiger partial charge in [-0.1, -0.05) is 42.3 Å². The Bertz CT molecular complexity index is 961. The molecule has 1 aliphatic rings. The lowest BCUT2D eigenvalue weighted by Crippen LogP contribution is -2.33. The molecule has 7 nitrogen and oxygen atoms in total.